The van der Waals surface area contributed by atoms with E-state index in [2.05, 4.69) is 54.3 Å². The number of nitrogens with one attached hydrogen (secondary N) is 1. The number of nitrogens with zero attached hydrogens (tertiary/aromatic N) is 2. The van der Waals surface area contributed by atoms with Gasteiger partial charge in [0.15, 0.2) is 0 Å². The van der Waals surface area contributed by atoms with Crippen LogP contribution >= 0.6 is 11.8 Å². The molecule has 0 saturated heterocycles. The van der Waals surface area contributed by atoms with Crippen LogP contribution in [0, 0.1) is 13.8 Å². The smallest absolute Gasteiger partial charge is 0.133 e. The first-order valence-electron chi connectivity index (χ1n) is 6.92. The van der Waals surface area contributed by atoms with Crippen LogP contribution in [-0.4, -0.2) is 17.0 Å². The van der Waals surface area contributed by atoms with Gasteiger partial charge in [-0.25, -0.2) is 9.97 Å². The van der Waals surface area contributed by atoms with Crippen molar-refractivity contribution in [2.75, 3.05) is 12.4 Å². The quantitative estimate of drug-likeness (QED) is 0.835. The molecule has 0 aliphatic rings. The average Bonchev–Trinajstić information content (AvgIpc) is 2.45. The Labute approximate surface area is 125 Å². The maximum atomic E-state index is 4.47. The van der Waals surface area contributed by atoms with Crippen molar-refractivity contribution in [3.63, 3.8) is 0 Å². The van der Waals surface area contributed by atoms with Crippen LogP contribution in [0.2, 0.25) is 0 Å². The minimum Gasteiger partial charge on any atom is -0.373 e. The monoisotopic (exact) mass is 287 g/mol. The fourth-order valence-electron chi connectivity index (χ4n) is 2.06. The predicted octanol–water partition coefficient (Wildman–Crippen LogP) is 4.24. The molecule has 0 aliphatic carbocycles. The zero-order chi connectivity index (χ0) is 14.5. The number of hydrogen-bond donors (Lipinski definition) is 1. The number of benzene rings is 1. The van der Waals surface area contributed by atoms with Crippen molar-refractivity contribution in [3.8, 4) is 0 Å². The van der Waals surface area contributed by atoms with Gasteiger partial charge in [-0.05, 0) is 43.5 Å². The first kappa shape index (κ1) is 14.9. The van der Waals surface area contributed by atoms with E-state index in [0.717, 1.165) is 23.7 Å². The van der Waals surface area contributed by atoms with E-state index in [1.165, 1.54) is 21.6 Å². The molecule has 106 valence electrons. The van der Waals surface area contributed by atoms with Crippen LogP contribution in [0.1, 0.15) is 30.0 Å². The standard InChI is InChI=1S/C16H21N3S/c1-5-6-14-15(17-4)18-10-19-16(14)20-13-8-7-11(2)12(3)9-13/h7-10H,5-6H2,1-4H3,(H,17,18,19). The van der Waals surface area contributed by atoms with Crippen LogP contribution in [0.3, 0.4) is 0 Å². The lowest BCUT2D eigenvalue weighted by atomic mass is 10.1. The lowest BCUT2D eigenvalue weighted by molar-refractivity contribution is 0.858. The van der Waals surface area contributed by atoms with E-state index in [1.807, 2.05) is 7.05 Å². The molecule has 2 aromatic rings. The third-order valence-electron chi connectivity index (χ3n) is 3.34. The normalized spacial score (nSPS) is 10.6. The third-order valence-corrected chi connectivity index (χ3v) is 4.37. The Morgan fingerprint density at radius 1 is 1.15 bits per heavy atom. The summed E-state index contributed by atoms with van der Waals surface area (Å²) in [4.78, 5) is 10.0. The van der Waals surface area contributed by atoms with Crippen LogP contribution < -0.4 is 5.32 Å². The minimum absolute atomic E-state index is 0.938. The summed E-state index contributed by atoms with van der Waals surface area (Å²) in [5.41, 5.74) is 3.84. The molecular formula is C16H21N3S. The van der Waals surface area contributed by atoms with Gasteiger partial charge in [0.05, 0.1) is 0 Å². The molecule has 0 unspecified atom stereocenters. The van der Waals surface area contributed by atoms with Gasteiger partial charge in [-0.2, -0.15) is 0 Å². The number of anilines is 1. The Morgan fingerprint density at radius 3 is 2.60 bits per heavy atom. The molecule has 1 N–H and O–H groups in total. The van der Waals surface area contributed by atoms with Crippen molar-refractivity contribution < 1.29 is 0 Å². The molecule has 1 aromatic carbocycles. The van der Waals surface area contributed by atoms with Gasteiger partial charge in [0.25, 0.3) is 0 Å². The highest BCUT2D eigenvalue weighted by Gasteiger charge is 2.11. The first-order chi connectivity index (χ1) is 9.65. The molecule has 0 spiro atoms. The second-order valence-electron chi connectivity index (χ2n) is 4.85. The van der Waals surface area contributed by atoms with Crippen molar-refractivity contribution in [2.24, 2.45) is 0 Å². The largest absolute Gasteiger partial charge is 0.373 e. The van der Waals surface area contributed by atoms with Crippen LogP contribution in [0.5, 0.6) is 0 Å². The van der Waals surface area contributed by atoms with Crippen molar-refractivity contribution in [1.29, 1.82) is 0 Å². The van der Waals surface area contributed by atoms with E-state index in [4.69, 9.17) is 0 Å². The van der Waals surface area contributed by atoms with E-state index in [0.29, 0.717) is 0 Å². The van der Waals surface area contributed by atoms with Crippen LogP contribution in [0.25, 0.3) is 0 Å². The Balaban J connectivity index is 2.34. The Morgan fingerprint density at radius 2 is 1.95 bits per heavy atom. The minimum atomic E-state index is 0.938. The SMILES string of the molecule is CCCc1c(NC)ncnc1Sc1ccc(C)c(C)c1. The van der Waals surface area contributed by atoms with Gasteiger partial charge in [0.1, 0.15) is 17.2 Å². The topological polar surface area (TPSA) is 37.8 Å². The highest BCUT2D eigenvalue weighted by atomic mass is 32.2. The van der Waals surface area contributed by atoms with E-state index in [9.17, 15) is 0 Å². The molecule has 4 heteroatoms. The molecule has 0 bridgehead atoms. The fraction of sp³-hybridized carbons (Fsp3) is 0.375. The molecule has 0 fully saturated rings. The molecular weight excluding hydrogens is 266 g/mol. The van der Waals surface area contributed by atoms with Gasteiger partial charge in [-0.3, -0.25) is 0 Å². The molecule has 3 nitrogen and oxygen atoms in total. The Kier molecular flexibility index (Phi) is 5.01. The highest BCUT2D eigenvalue weighted by molar-refractivity contribution is 7.99. The average molecular weight is 287 g/mol. The maximum Gasteiger partial charge on any atom is 0.133 e. The molecule has 0 radical (unpaired) electrons. The third kappa shape index (κ3) is 3.31. The molecule has 0 aliphatic heterocycles. The molecule has 0 atom stereocenters. The molecule has 20 heavy (non-hydrogen) atoms. The number of rotatable bonds is 5. The molecule has 2 rings (SSSR count). The summed E-state index contributed by atoms with van der Waals surface area (Å²) >= 11 is 1.72. The van der Waals surface area contributed by atoms with Gasteiger partial charge < -0.3 is 5.32 Å². The fourth-order valence-corrected chi connectivity index (χ4v) is 3.08. The second kappa shape index (κ2) is 6.75. The van der Waals surface area contributed by atoms with Crippen molar-refractivity contribution in [1.82, 2.24) is 9.97 Å². The second-order valence-corrected chi connectivity index (χ2v) is 5.92. The van der Waals surface area contributed by atoms with Gasteiger partial charge in [0.2, 0.25) is 0 Å². The van der Waals surface area contributed by atoms with E-state index in [-0.39, 0.29) is 0 Å². The lowest BCUT2D eigenvalue weighted by Crippen LogP contribution is -2.02. The Hall–Kier alpha value is -1.55. The Bertz CT molecular complexity index is 596. The van der Waals surface area contributed by atoms with Crippen molar-refractivity contribution in [2.45, 2.75) is 43.5 Å². The molecule has 0 saturated carbocycles. The summed E-state index contributed by atoms with van der Waals surface area (Å²) in [5.74, 6) is 0.938. The zero-order valence-electron chi connectivity index (χ0n) is 12.5. The van der Waals surface area contributed by atoms with Gasteiger partial charge in [-0.15, -0.1) is 0 Å². The van der Waals surface area contributed by atoms with Crippen LogP contribution in [0.4, 0.5) is 5.82 Å². The number of hydrogen-bond acceptors (Lipinski definition) is 4. The summed E-state index contributed by atoms with van der Waals surface area (Å²) in [7, 11) is 1.91. The summed E-state index contributed by atoms with van der Waals surface area (Å²) in [6.45, 7) is 6.46. The van der Waals surface area contributed by atoms with Crippen molar-refractivity contribution >= 4 is 17.6 Å². The van der Waals surface area contributed by atoms with Gasteiger partial charge in [-0.1, -0.05) is 31.2 Å². The number of aryl methyl sites for hydroxylation is 2. The van der Waals surface area contributed by atoms with Crippen LogP contribution in [0.15, 0.2) is 34.4 Å². The number of aromatic nitrogens is 2. The highest BCUT2D eigenvalue weighted by Crippen LogP contribution is 2.32. The summed E-state index contributed by atoms with van der Waals surface area (Å²) in [6.07, 6.45) is 3.71. The summed E-state index contributed by atoms with van der Waals surface area (Å²) < 4.78 is 0. The molecule has 1 aromatic heterocycles. The van der Waals surface area contributed by atoms with Gasteiger partial charge >= 0.3 is 0 Å². The molecule has 1 heterocycles. The lowest BCUT2D eigenvalue weighted by Gasteiger charge is -2.12. The van der Waals surface area contributed by atoms with Gasteiger partial charge in [0, 0.05) is 17.5 Å². The first-order valence-corrected chi connectivity index (χ1v) is 7.74. The van der Waals surface area contributed by atoms with E-state index >= 15 is 0 Å². The predicted molar refractivity (Wildman–Crippen MR) is 85.6 cm³/mol. The summed E-state index contributed by atoms with van der Waals surface area (Å²) in [6, 6.07) is 6.54. The van der Waals surface area contributed by atoms with Crippen LogP contribution in [-0.2, 0) is 6.42 Å². The maximum absolute atomic E-state index is 4.47. The molecule has 0 amide bonds. The zero-order valence-corrected chi connectivity index (χ0v) is 13.3. The summed E-state index contributed by atoms with van der Waals surface area (Å²) in [5, 5.41) is 4.21. The van der Waals surface area contributed by atoms with E-state index < -0.39 is 0 Å². The van der Waals surface area contributed by atoms with Crippen molar-refractivity contribution in [3.05, 3.63) is 41.2 Å². The van der Waals surface area contributed by atoms with E-state index in [1.54, 1.807) is 18.1 Å².